The first-order valence-corrected chi connectivity index (χ1v) is 14.5. The van der Waals surface area contributed by atoms with Crippen molar-refractivity contribution in [3.8, 4) is 0 Å². The predicted molar refractivity (Wildman–Crippen MR) is 124 cm³/mol. The van der Waals surface area contributed by atoms with E-state index in [0.717, 1.165) is 19.3 Å². The van der Waals surface area contributed by atoms with Crippen LogP contribution in [0.3, 0.4) is 0 Å². The summed E-state index contributed by atoms with van der Waals surface area (Å²) in [5.74, 6) is -5.34. The van der Waals surface area contributed by atoms with Gasteiger partial charge in [0.2, 0.25) is 0 Å². The molecule has 0 aromatic heterocycles. The Morgan fingerprint density at radius 3 is 1.58 bits per heavy atom. The second-order valence-corrected chi connectivity index (χ2v) is 10.4. The van der Waals surface area contributed by atoms with Crippen molar-refractivity contribution < 1.29 is 42.1 Å². The summed E-state index contributed by atoms with van der Waals surface area (Å²) < 4.78 is 9.53. The van der Waals surface area contributed by atoms with Gasteiger partial charge in [-0.25, -0.2) is 4.79 Å². The van der Waals surface area contributed by atoms with E-state index in [-0.39, 0.29) is 6.42 Å². The van der Waals surface area contributed by atoms with Crippen LogP contribution in [0, 0.1) is 0 Å². The second-order valence-electron chi connectivity index (χ2n) is 8.33. The van der Waals surface area contributed by atoms with Crippen LogP contribution in [0.15, 0.2) is 0 Å². The maximum absolute atomic E-state index is 11.8. The lowest BCUT2D eigenvalue weighted by molar-refractivity contribution is -0.170. The molecule has 11 heteroatoms. The normalized spacial score (nSPS) is 12.6. The van der Waals surface area contributed by atoms with Crippen LogP contribution >= 0.6 is 10.0 Å². The van der Waals surface area contributed by atoms with Gasteiger partial charge >= 0.3 is 25.8 Å². The number of hydrogen-bond donors (Lipinski definition) is 3. The molecule has 0 radical (unpaired) electrons. The summed E-state index contributed by atoms with van der Waals surface area (Å²) in [6.45, 7) is 2.22. The lowest BCUT2D eigenvalue weighted by atomic mass is 9.96. The highest BCUT2D eigenvalue weighted by Gasteiger charge is 2.44. The number of carboxylic acid groups (broad SMARTS) is 2. The highest BCUT2D eigenvalue weighted by molar-refractivity contribution is 7.00. The Balaban J connectivity index is 3.83. The third-order valence-electron chi connectivity index (χ3n) is 5.21. The molecule has 0 rings (SSSR count). The van der Waals surface area contributed by atoms with E-state index in [1.165, 1.54) is 57.8 Å². The van der Waals surface area contributed by atoms with E-state index in [1.807, 2.05) is 0 Å². The van der Waals surface area contributed by atoms with Crippen LogP contribution in [0.4, 0.5) is 0 Å². The molecule has 0 fully saturated rings. The monoisotopic (exact) mass is 508 g/mol. The van der Waals surface area contributed by atoms with Crippen molar-refractivity contribution in [2.24, 2.45) is 0 Å². The van der Waals surface area contributed by atoms with Crippen molar-refractivity contribution in [1.29, 1.82) is 0 Å². The summed E-state index contributed by atoms with van der Waals surface area (Å²) in [6.07, 6.45) is 13.1. The topological polar surface area (TPSA) is 147 Å². The number of hydrogen-bond acceptors (Lipinski definition) is 7. The molecule has 0 aliphatic heterocycles. The van der Waals surface area contributed by atoms with Gasteiger partial charge in [-0.15, -0.1) is 0 Å². The largest absolute Gasteiger partial charge is 1.00 e. The minimum atomic E-state index is -3.24. The van der Waals surface area contributed by atoms with E-state index >= 15 is 0 Å². The summed E-state index contributed by atoms with van der Waals surface area (Å²) in [5, 5.41) is 27.4. The van der Waals surface area contributed by atoms with Gasteiger partial charge in [0.05, 0.1) is 12.8 Å². The first-order valence-electron chi connectivity index (χ1n) is 11.8. The number of carboxylic acids is 2. The Morgan fingerprint density at radius 2 is 1.15 bits per heavy atom. The summed E-state index contributed by atoms with van der Waals surface area (Å²) in [6, 6.07) is 0. The fraction of sp³-hybridized carbons (Fsp3) is 0.818. The van der Waals surface area contributed by atoms with Gasteiger partial charge in [-0.2, -0.15) is 10.0 Å². The molecule has 3 N–H and O–H groups in total. The molecule has 1 atom stereocenters. The smallest absolute Gasteiger partial charge is 0.573 e. The van der Waals surface area contributed by atoms with E-state index in [0.29, 0.717) is 6.42 Å². The van der Waals surface area contributed by atoms with Crippen molar-refractivity contribution in [3.63, 3.8) is 0 Å². The number of carbonyl (C=O) groups is 4. The second kappa shape index (κ2) is 19.0. The number of halogens is 1. The number of aliphatic hydroxyl groups is 1. The molecule has 0 aromatic carbocycles. The molecule has 0 bridgehead atoms. The van der Waals surface area contributed by atoms with Crippen LogP contribution in [0.1, 0.15) is 110 Å². The molecular formula is C22H38AlClO9. The molecule has 0 saturated carbocycles. The molecule has 33 heavy (non-hydrogen) atoms. The van der Waals surface area contributed by atoms with Crippen molar-refractivity contribution in [2.45, 2.75) is 115 Å². The summed E-state index contributed by atoms with van der Waals surface area (Å²) in [5.41, 5.74) is -2.83. The Labute approximate surface area is 205 Å². The zero-order valence-corrected chi connectivity index (χ0v) is 21.5. The average Bonchev–Trinajstić information content (AvgIpc) is 2.70. The Bertz CT molecular complexity index is 602. The number of rotatable bonds is 21. The molecule has 0 aliphatic carbocycles. The maximum atomic E-state index is 11.8. The van der Waals surface area contributed by atoms with Crippen LogP contribution in [-0.2, 0) is 26.8 Å². The average molecular weight is 509 g/mol. The van der Waals surface area contributed by atoms with Gasteiger partial charge < -0.3 is 22.9 Å². The molecule has 9 nitrogen and oxygen atoms in total. The van der Waals surface area contributed by atoms with Crippen molar-refractivity contribution in [3.05, 3.63) is 0 Å². The van der Waals surface area contributed by atoms with Crippen LogP contribution in [-0.4, -0.2) is 58.7 Å². The molecule has 1 unspecified atom stereocenters. The number of carbonyl (C=O) groups excluding carboxylic acids is 2. The lowest BCUT2D eigenvalue weighted by Crippen LogP contribution is -2.43. The summed E-state index contributed by atoms with van der Waals surface area (Å²) in [4.78, 5) is 45.2. The summed E-state index contributed by atoms with van der Waals surface area (Å²) in [7, 11) is 5.75. The van der Waals surface area contributed by atoms with Crippen LogP contribution in [0.2, 0.25) is 0 Å². The molecule has 0 spiro atoms. The lowest BCUT2D eigenvalue weighted by Gasteiger charge is -2.20. The van der Waals surface area contributed by atoms with E-state index < -0.39 is 56.2 Å². The van der Waals surface area contributed by atoms with E-state index in [4.69, 9.17) is 24.1 Å². The highest BCUT2D eigenvalue weighted by atomic mass is 35.6. The maximum Gasteiger partial charge on any atom is 1.00 e. The number of unbranched alkanes of at least 4 members (excludes halogenated alkanes) is 12. The van der Waals surface area contributed by atoms with Gasteiger partial charge in [0, 0.05) is 6.42 Å². The highest BCUT2D eigenvalue weighted by Crippen LogP contribution is 2.18. The molecule has 190 valence electrons. The van der Waals surface area contributed by atoms with E-state index in [2.05, 4.69) is 10.7 Å². The Kier molecular flexibility index (Phi) is 18.2. The van der Waals surface area contributed by atoms with E-state index in [9.17, 15) is 24.3 Å². The molecule has 0 saturated heterocycles. The van der Waals surface area contributed by atoms with Gasteiger partial charge in [-0.3, -0.25) is 14.4 Å². The van der Waals surface area contributed by atoms with E-state index in [1.54, 1.807) is 0 Å². The van der Waals surface area contributed by atoms with Gasteiger partial charge in [-0.05, 0) is 6.42 Å². The van der Waals surface area contributed by atoms with Gasteiger partial charge in [0.1, 0.15) is 0 Å². The van der Waals surface area contributed by atoms with Crippen molar-refractivity contribution in [2.75, 3.05) is 0 Å². The number of aliphatic carboxylic acids is 2. The van der Waals surface area contributed by atoms with Crippen molar-refractivity contribution >= 4 is 47.8 Å². The summed E-state index contributed by atoms with van der Waals surface area (Å²) >= 11 is -3.24. The van der Waals surface area contributed by atoms with Gasteiger partial charge in [0.25, 0.3) is 11.9 Å². The molecule has 0 aromatic rings. The van der Waals surface area contributed by atoms with Crippen LogP contribution < -0.4 is 0 Å². The molecule has 0 aliphatic rings. The zero-order chi connectivity index (χ0) is 25.1. The zero-order valence-electron chi connectivity index (χ0n) is 19.6. The molecular weight excluding hydrogens is 471 g/mol. The standard InChI is InChI=1S/C16H32O2.C6H8O7.Al.ClH/c1-2-3-4-5-6-7-8-9-10-11-12-13-14-15-16(17)18;7-3(8)1-6(13,5(11)12)2-4(9)10;;/h2-15H2,1H3,(H,17,18);13H,1-2H2,(H,7,8)(H,9,10)(H,11,12);;1H/q;;+3;/p-3. The van der Waals surface area contributed by atoms with Crippen LogP contribution in [0.5, 0.6) is 0 Å². The fourth-order valence-electron chi connectivity index (χ4n) is 3.32. The molecule has 0 heterocycles. The predicted octanol–water partition coefficient (Wildman–Crippen LogP) is 4.46. The third kappa shape index (κ3) is 17.8. The van der Waals surface area contributed by atoms with Gasteiger partial charge in [-0.1, -0.05) is 84.0 Å². The first-order chi connectivity index (χ1) is 15.6. The Morgan fingerprint density at radius 1 is 0.727 bits per heavy atom. The quantitative estimate of drug-likeness (QED) is 0.151. The first kappa shape index (κ1) is 31.7. The fourth-order valence-corrected chi connectivity index (χ4v) is 4.58. The minimum Gasteiger partial charge on any atom is -0.573 e. The Hall–Kier alpha value is -1.34. The molecule has 0 amide bonds. The minimum absolute atomic E-state index is 0.129. The van der Waals surface area contributed by atoms with Gasteiger partial charge in [0.15, 0.2) is 5.60 Å². The third-order valence-corrected chi connectivity index (χ3v) is 6.64. The van der Waals surface area contributed by atoms with Crippen LogP contribution in [0.25, 0.3) is 0 Å². The SMILES string of the molecule is CCCCCCCCCCCCCCCC(=O)[O][Al]([Cl])[O]C(=O)CC(O)(CC(=O)O)C(=O)O. The van der Waals surface area contributed by atoms with Crippen molar-refractivity contribution in [1.82, 2.24) is 0 Å².